The van der Waals surface area contributed by atoms with Gasteiger partial charge in [0.1, 0.15) is 17.5 Å². The fourth-order valence-electron chi connectivity index (χ4n) is 3.68. The van der Waals surface area contributed by atoms with E-state index in [9.17, 15) is 9.59 Å². The van der Waals surface area contributed by atoms with Gasteiger partial charge >= 0.3 is 0 Å². The van der Waals surface area contributed by atoms with E-state index in [0.717, 1.165) is 17.5 Å². The summed E-state index contributed by atoms with van der Waals surface area (Å²) in [7, 11) is 1.59. The van der Waals surface area contributed by atoms with Gasteiger partial charge in [0.15, 0.2) is 6.61 Å². The summed E-state index contributed by atoms with van der Waals surface area (Å²) in [5, 5.41) is 3.66. The number of methoxy groups -OCH3 is 1. The fourth-order valence-corrected chi connectivity index (χ4v) is 3.81. The van der Waals surface area contributed by atoms with E-state index >= 15 is 0 Å². The lowest BCUT2D eigenvalue weighted by molar-refractivity contribution is -0.143. The smallest absolute Gasteiger partial charge is 0.261 e. The second kappa shape index (κ2) is 13.5. The van der Waals surface area contributed by atoms with Crippen molar-refractivity contribution in [1.29, 1.82) is 0 Å². The summed E-state index contributed by atoms with van der Waals surface area (Å²) in [6.07, 6.45) is 1.17. The van der Waals surface area contributed by atoms with Gasteiger partial charge in [-0.15, -0.1) is 0 Å². The maximum atomic E-state index is 13.6. The molecule has 3 aromatic rings. The molecule has 2 atom stereocenters. The van der Waals surface area contributed by atoms with Crippen molar-refractivity contribution in [3.63, 3.8) is 0 Å². The van der Waals surface area contributed by atoms with Crippen LogP contribution in [0.1, 0.15) is 31.4 Å². The van der Waals surface area contributed by atoms with Gasteiger partial charge in [-0.3, -0.25) is 9.59 Å². The Bertz CT molecular complexity index is 1100. The zero-order valence-electron chi connectivity index (χ0n) is 20.9. The summed E-state index contributed by atoms with van der Waals surface area (Å²) in [6.45, 7) is 4.00. The molecule has 3 rings (SSSR count). The van der Waals surface area contributed by atoms with Crippen LogP contribution >= 0.6 is 11.6 Å². The number of rotatable bonds is 12. The third-order valence-corrected chi connectivity index (χ3v) is 6.21. The minimum Gasteiger partial charge on any atom is -0.497 e. The molecule has 0 radical (unpaired) electrons. The van der Waals surface area contributed by atoms with E-state index in [-0.39, 0.29) is 31.0 Å². The second-order valence-electron chi connectivity index (χ2n) is 8.64. The Kier molecular flexibility index (Phi) is 10.2. The third-order valence-electron chi connectivity index (χ3n) is 5.96. The highest BCUT2D eigenvalue weighted by Crippen LogP contribution is 2.19. The topological polar surface area (TPSA) is 67.9 Å². The average Bonchev–Trinajstić information content (AvgIpc) is 2.91. The van der Waals surface area contributed by atoms with Crippen LogP contribution in [-0.2, 0) is 22.6 Å². The molecule has 0 spiro atoms. The van der Waals surface area contributed by atoms with Crippen LogP contribution in [0.5, 0.6) is 11.5 Å². The quantitative estimate of drug-likeness (QED) is 0.361. The Hall–Kier alpha value is -3.51. The first kappa shape index (κ1) is 27.1. The molecule has 6 nitrogen and oxygen atoms in total. The first-order valence-electron chi connectivity index (χ1n) is 12.0. The predicted molar refractivity (Wildman–Crippen MR) is 142 cm³/mol. The van der Waals surface area contributed by atoms with Gasteiger partial charge < -0.3 is 19.7 Å². The number of ether oxygens (including phenoxy) is 2. The number of hydrogen-bond acceptors (Lipinski definition) is 4. The van der Waals surface area contributed by atoms with Crippen LogP contribution in [0, 0.1) is 0 Å². The molecule has 0 aromatic heterocycles. The van der Waals surface area contributed by atoms with E-state index in [0.29, 0.717) is 22.9 Å². The largest absolute Gasteiger partial charge is 0.497 e. The molecular formula is C29H33ClN2O4. The first-order valence-corrected chi connectivity index (χ1v) is 12.4. The summed E-state index contributed by atoms with van der Waals surface area (Å²) < 4.78 is 11.0. The maximum absolute atomic E-state index is 13.6. The Morgan fingerprint density at radius 2 is 1.56 bits per heavy atom. The number of nitrogens with one attached hydrogen (secondary N) is 1. The number of halogens is 1. The van der Waals surface area contributed by atoms with E-state index in [4.69, 9.17) is 21.1 Å². The highest BCUT2D eigenvalue weighted by Gasteiger charge is 2.31. The van der Waals surface area contributed by atoms with Gasteiger partial charge in [-0.1, -0.05) is 61.0 Å². The Morgan fingerprint density at radius 3 is 2.17 bits per heavy atom. The molecule has 190 valence electrons. The van der Waals surface area contributed by atoms with E-state index in [1.807, 2.05) is 56.3 Å². The van der Waals surface area contributed by atoms with Crippen LogP contribution in [-0.4, -0.2) is 42.5 Å². The van der Waals surface area contributed by atoms with Crippen LogP contribution < -0.4 is 14.8 Å². The molecule has 36 heavy (non-hydrogen) atoms. The van der Waals surface area contributed by atoms with Gasteiger partial charge in [-0.2, -0.15) is 0 Å². The van der Waals surface area contributed by atoms with Gasteiger partial charge in [-0.05, 0) is 60.9 Å². The Labute approximate surface area is 218 Å². The average molecular weight is 509 g/mol. The summed E-state index contributed by atoms with van der Waals surface area (Å²) in [5.74, 6) is 0.753. The molecule has 0 unspecified atom stereocenters. The lowest BCUT2D eigenvalue weighted by Gasteiger charge is -2.32. The van der Waals surface area contributed by atoms with Crippen molar-refractivity contribution in [2.45, 2.75) is 45.3 Å². The van der Waals surface area contributed by atoms with Crippen molar-refractivity contribution < 1.29 is 19.1 Å². The number of hydrogen-bond donors (Lipinski definition) is 1. The number of amides is 2. The van der Waals surface area contributed by atoms with E-state index in [1.165, 1.54) is 0 Å². The zero-order valence-corrected chi connectivity index (χ0v) is 21.7. The Morgan fingerprint density at radius 1 is 0.917 bits per heavy atom. The van der Waals surface area contributed by atoms with Crippen molar-refractivity contribution in [3.05, 3.63) is 95.0 Å². The van der Waals surface area contributed by atoms with Crippen LogP contribution in [0.15, 0.2) is 78.9 Å². The van der Waals surface area contributed by atoms with Crippen LogP contribution in [0.25, 0.3) is 0 Å². The standard InChI is InChI=1S/C29H33ClN2O4/c1-4-21(2)31-29(34)27(18-22-8-6-5-7-9-22)32(19-23-10-12-24(30)13-11-23)28(33)20-36-26-16-14-25(35-3)15-17-26/h5-17,21,27H,4,18-20H2,1-3H3,(H,31,34)/t21-,27-/m0/s1. The lowest BCUT2D eigenvalue weighted by atomic mass is 10.0. The minimum absolute atomic E-state index is 0.0150. The highest BCUT2D eigenvalue weighted by molar-refractivity contribution is 6.30. The molecule has 0 aliphatic carbocycles. The van der Waals surface area contributed by atoms with Crippen LogP contribution in [0.4, 0.5) is 0 Å². The monoisotopic (exact) mass is 508 g/mol. The summed E-state index contributed by atoms with van der Waals surface area (Å²) in [4.78, 5) is 28.6. The summed E-state index contributed by atoms with van der Waals surface area (Å²) in [5.41, 5.74) is 1.83. The molecule has 0 aliphatic heterocycles. The van der Waals surface area contributed by atoms with Crippen LogP contribution in [0.3, 0.4) is 0 Å². The van der Waals surface area contributed by atoms with Gasteiger partial charge in [0.2, 0.25) is 5.91 Å². The van der Waals surface area contributed by atoms with Crippen molar-refractivity contribution in [2.75, 3.05) is 13.7 Å². The Balaban J connectivity index is 1.88. The summed E-state index contributed by atoms with van der Waals surface area (Å²) in [6, 6.07) is 23.3. The van der Waals surface area contributed by atoms with Crippen molar-refractivity contribution in [2.24, 2.45) is 0 Å². The number of carbonyl (C=O) groups is 2. The van der Waals surface area contributed by atoms with Gasteiger partial charge in [0.25, 0.3) is 5.91 Å². The SMILES string of the molecule is CC[C@H](C)NC(=O)[C@H](Cc1ccccc1)N(Cc1ccc(Cl)cc1)C(=O)COc1ccc(OC)cc1. The molecule has 0 saturated carbocycles. The second-order valence-corrected chi connectivity index (χ2v) is 9.07. The molecule has 0 saturated heterocycles. The number of nitrogens with zero attached hydrogens (tertiary/aromatic N) is 1. The van der Waals surface area contributed by atoms with Gasteiger partial charge in [0.05, 0.1) is 7.11 Å². The van der Waals surface area contributed by atoms with Crippen molar-refractivity contribution in [3.8, 4) is 11.5 Å². The highest BCUT2D eigenvalue weighted by atomic mass is 35.5. The summed E-state index contributed by atoms with van der Waals surface area (Å²) >= 11 is 6.07. The van der Waals surface area contributed by atoms with E-state index in [2.05, 4.69) is 5.32 Å². The molecule has 2 amide bonds. The third kappa shape index (κ3) is 8.02. The number of carbonyl (C=O) groups excluding carboxylic acids is 2. The molecular weight excluding hydrogens is 476 g/mol. The van der Waals surface area contributed by atoms with Gasteiger partial charge in [0, 0.05) is 24.0 Å². The van der Waals surface area contributed by atoms with Crippen molar-refractivity contribution in [1.82, 2.24) is 10.2 Å². The maximum Gasteiger partial charge on any atom is 0.261 e. The minimum atomic E-state index is -0.718. The molecule has 3 aromatic carbocycles. The molecule has 1 N–H and O–H groups in total. The molecule has 0 heterocycles. The normalized spacial score (nSPS) is 12.3. The van der Waals surface area contributed by atoms with Crippen molar-refractivity contribution >= 4 is 23.4 Å². The zero-order chi connectivity index (χ0) is 25.9. The molecule has 7 heteroatoms. The fraction of sp³-hybridized carbons (Fsp3) is 0.310. The van der Waals surface area contributed by atoms with Gasteiger partial charge in [-0.25, -0.2) is 0 Å². The molecule has 0 fully saturated rings. The molecule has 0 bridgehead atoms. The lowest BCUT2D eigenvalue weighted by Crippen LogP contribution is -2.53. The van der Waals surface area contributed by atoms with Crippen LogP contribution in [0.2, 0.25) is 5.02 Å². The van der Waals surface area contributed by atoms with E-state index < -0.39 is 6.04 Å². The van der Waals surface area contributed by atoms with E-state index in [1.54, 1.807) is 48.4 Å². The number of benzene rings is 3. The molecule has 0 aliphatic rings. The predicted octanol–water partition coefficient (Wildman–Crippen LogP) is 5.28. The first-order chi connectivity index (χ1) is 17.4.